The molecule has 0 aliphatic carbocycles. The van der Waals surface area contributed by atoms with E-state index in [0.717, 1.165) is 11.4 Å². The predicted molar refractivity (Wildman–Crippen MR) is 125 cm³/mol. The number of para-hydroxylation sites is 1. The van der Waals surface area contributed by atoms with Gasteiger partial charge in [-0.05, 0) is 23.1 Å². The molecule has 1 aliphatic heterocycles. The summed E-state index contributed by atoms with van der Waals surface area (Å²) in [7, 11) is 2.01. The van der Waals surface area contributed by atoms with Gasteiger partial charge >= 0.3 is 0 Å². The largest absolute Gasteiger partial charge is 0.416 e. The molecule has 1 aromatic heterocycles. The van der Waals surface area contributed by atoms with Crippen LogP contribution in [0.2, 0.25) is 0 Å². The van der Waals surface area contributed by atoms with Crippen molar-refractivity contribution in [2.45, 2.75) is 43.7 Å². The monoisotopic (exact) mass is 433 g/mol. The van der Waals surface area contributed by atoms with Crippen molar-refractivity contribution in [3.63, 3.8) is 0 Å². The number of allylic oxidation sites excluding steroid dienone is 2. The number of carbonyl (C=O) groups excluding carboxylic acids is 1. The second-order valence-electron chi connectivity index (χ2n) is 8.46. The number of thioether (sulfide) groups is 1. The summed E-state index contributed by atoms with van der Waals surface area (Å²) in [5.74, 6) is 1.18. The summed E-state index contributed by atoms with van der Waals surface area (Å²) in [6.07, 6.45) is 2.43. The molecular weight excluding hydrogens is 406 g/mol. The normalized spacial score (nSPS) is 17.0. The lowest BCUT2D eigenvalue weighted by Gasteiger charge is -2.23. The number of likely N-dealkylation sites (N-methyl/N-ethyl adjacent to an activating group) is 1. The van der Waals surface area contributed by atoms with Crippen molar-refractivity contribution >= 4 is 23.2 Å². The van der Waals surface area contributed by atoms with Crippen molar-refractivity contribution in [2.75, 3.05) is 17.7 Å². The molecule has 2 heterocycles. The number of benzene rings is 2. The molecule has 31 heavy (non-hydrogen) atoms. The first-order chi connectivity index (χ1) is 14.9. The zero-order valence-electron chi connectivity index (χ0n) is 18.3. The zero-order chi connectivity index (χ0) is 22.0. The molecule has 3 aromatic rings. The van der Waals surface area contributed by atoms with Gasteiger partial charge in [-0.25, -0.2) is 0 Å². The van der Waals surface area contributed by atoms with Crippen LogP contribution >= 0.6 is 11.8 Å². The molecule has 1 unspecified atom stereocenters. The van der Waals surface area contributed by atoms with E-state index in [0.29, 0.717) is 17.5 Å². The highest BCUT2D eigenvalue weighted by atomic mass is 32.2. The van der Waals surface area contributed by atoms with Crippen LogP contribution < -0.4 is 4.90 Å². The van der Waals surface area contributed by atoms with Crippen LogP contribution in [-0.2, 0) is 16.6 Å². The average molecular weight is 434 g/mol. The van der Waals surface area contributed by atoms with Crippen LogP contribution in [0.5, 0.6) is 0 Å². The van der Waals surface area contributed by atoms with E-state index in [1.54, 1.807) is 6.08 Å². The first kappa shape index (κ1) is 21.4. The van der Waals surface area contributed by atoms with Crippen LogP contribution in [0.4, 0.5) is 5.69 Å². The highest BCUT2D eigenvalue weighted by molar-refractivity contribution is 7.99. The Bertz CT molecular complexity index is 1100. The van der Waals surface area contributed by atoms with E-state index in [4.69, 9.17) is 4.42 Å². The van der Waals surface area contributed by atoms with Crippen LogP contribution in [0, 0.1) is 0 Å². The number of aromatic nitrogens is 2. The van der Waals surface area contributed by atoms with Crippen molar-refractivity contribution in [3.8, 4) is 0 Å². The van der Waals surface area contributed by atoms with E-state index in [2.05, 4.69) is 60.1 Å². The standard InChI is InChI=1S/C25H27N3O2S/c1-17(18-10-6-5-7-11-18)14-23-26-27-24(30-23)31-16-19(29)15-22-25(2,3)20-12-8-9-13-21(20)28(22)4/h5-13,15,17H,14,16H2,1-4H3/b22-15+. The fourth-order valence-corrected chi connectivity index (χ4v) is 4.73. The first-order valence-electron chi connectivity index (χ1n) is 10.4. The molecular formula is C25H27N3O2S. The number of anilines is 1. The molecule has 0 radical (unpaired) electrons. The van der Waals surface area contributed by atoms with Gasteiger partial charge in [-0.15, -0.1) is 10.2 Å². The van der Waals surface area contributed by atoms with E-state index in [-0.39, 0.29) is 22.9 Å². The molecule has 1 aliphatic rings. The molecule has 4 rings (SSSR count). The third-order valence-electron chi connectivity index (χ3n) is 5.87. The van der Waals surface area contributed by atoms with Crippen molar-refractivity contribution < 1.29 is 9.21 Å². The Morgan fingerprint density at radius 2 is 1.84 bits per heavy atom. The maximum atomic E-state index is 12.7. The molecule has 0 saturated heterocycles. The lowest BCUT2D eigenvalue weighted by molar-refractivity contribution is -0.112. The van der Waals surface area contributed by atoms with E-state index in [9.17, 15) is 4.79 Å². The molecule has 0 spiro atoms. The van der Waals surface area contributed by atoms with E-state index in [1.165, 1.54) is 22.9 Å². The highest BCUT2D eigenvalue weighted by Crippen LogP contribution is 2.46. The smallest absolute Gasteiger partial charge is 0.277 e. The van der Waals surface area contributed by atoms with Crippen LogP contribution in [0.1, 0.15) is 43.7 Å². The fourth-order valence-electron chi connectivity index (χ4n) is 4.13. The van der Waals surface area contributed by atoms with Crippen LogP contribution in [-0.4, -0.2) is 28.8 Å². The molecule has 0 bridgehead atoms. The van der Waals surface area contributed by atoms with E-state index >= 15 is 0 Å². The Morgan fingerprint density at radius 1 is 1.13 bits per heavy atom. The summed E-state index contributed by atoms with van der Waals surface area (Å²) >= 11 is 1.29. The Labute approximate surface area is 187 Å². The number of ketones is 1. The van der Waals surface area contributed by atoms with Gasteiger partial charge in [0, 0.05) is 36.3 Å². The number of fused-ring (bicyclic) bond motifs is 1. The number of nitrogens with zero attached hydrogens (tertiary/aromatic N) is 3. The van der Waals surface area contributed by atoms with Crippen molar-refractivity contribution in [1.82, 2.24) is 10.2 Å². The average Bonchev–Trinajstić information content (AvgIpc) is 3.29. The first-order valence-corrected chi connectivity index (χ1v) is 11.4. The van der Waals surface area contributed by atoms with Crippen LogP contribution in [0.15, 0.2) is 76.0 Å². The molecule has 6 heteroatoms. The van der Waals surface area contributed by atoms with Gasteiger partial charge in [-0.2, -0.15) is 0 Å². The minimum atomic E-state index is -0.211. The van der Waals surface area contributed by atoms with Crippen molar-refractivity contribution in [2.24, 2.45) is 0 Å². The topological polar surface area (TPSA) is 59.2 Å². The second kappa shape index (κ2) is 8.71. The third kappa shape index (κ3) is 4.44. The summed E-state index contributed by atoms with van der Waals surface area (Å²) in [6, 6.07) is 18.6. The summed E-state index contributed by atoms with van der Waals surface area (Å²) < 4.78 is 5.77. The van der Waals surface area contributed by atoms with Gasteiger partial charge in [0.15, 0.2) is 5.78 Å². The Kier molecular flexibility index (Phi) is 6.01. The molecule has 1 atom stereocenters. The second-order valence-corrected chi connectivity index (χ2v) is 9.39. The van der Waals surface area contributed by atoms with Gasteiger partial charge in [0.05, 0.1) is 5.75 Å². The Balaban J connectivity index is 1.38. The van der Waals surface area contributed by atoms with Gasteiger partial charge in [-0.3, -0.25) is 4.79 Å². The lowest BCUT2D eigenvalue weighted by Crippen LogP contribution is -2.24. The molecule has 2 aromatic carbocycles. The van der Waals surface area contributed by atoms with Crippen LogP contribution in [0.25, 0.3) is 0 Å². The molecule has 0 amide bonds. The number of carbonyl (C=O) groups is 1. The zero-order valence-corrected chi connectivity index (χ0v) is 19.1. The molecule has 5 nitrogen and oxygen atoms in total. The minimum Gasteiger partial charge on any atom is -0.416 e. The summed E-state index contributed by atoms with van der Waals surface area (Å²) in [5, 5.41) is 8.69. The minimum absolute atomic E-state index is 0.0325. The predicted octanol–water partition coefficient (Wildman–Crippen LogP) is 5.39. The van der Waals surface area contributed by atoms with Gasteiger partial charge in [0.25, 0.3) is 5.22 Å². The van der Waals surface area contributed by atoms with Crippen molar-refractivity contribution in [3.05, 3.63) is 83.4 Å². The quantitative estimate of drug-likeness (QED) is 0.368. The van der Waals surface area contributed by atoms with Gasteiger partial charge in [-0.1, -0.05) is 81.1 Å². The van der Waals surface area contributed by atoms with E-state index < -0.39 is 0 Å². The maximum Gasteiger partial charge on any atom is 0.277 e. The molecule has 0 N–H and O–H groups in total. The molecule has 0 fully saturated rings. The summed E-state index contributed by atoms with van der Waals surface area (Å²) in [6.45, 7) is 6.44. The third-order valence-corrected chi connectivity index (χ3v) is 6.71. The fraction of sp³-hybridized carbons (Fsp3) is 0.320. The number of hydrogen-bond acceptors (Lipinski definition) is 6. The molecule has 0 saturated carbocycles. The van der Waals surface area contributed by atoms with Crippen molar-refractivity contribution in [1.29, 1.82) is 0 Å². The Hall–Kier alpha value is -2.86. The number of rotatable bonds is 7. The maximum absolute atomic E-state index is 12.7. The lowest BCUT2D eigenvalue weighted by atomic mass is 9.83. The highest BCUT2D eigenvalue weighted by Gasteiger charge is 2.38. The van der Waals surface area contributed by atoms with E-state index in [1.807, 2.05) is 37.4 Å². The van der Waals surface area contributed by atoms with Gasteiger partial charge in [0.1, 0.15) is 0 Å². The van der Waals surface area contributed by atoms with Crippen LogP contribution in [0.3, 0.4) is 0 Å². The summed E-state index contributed by atoms with van der Waals surface area (Å²) in [5.41, 5.74) is 4.41. The summed E-state index contributed by atoms with van der Waals surface area (Å²) in [4.78, 5) is 14.8. The Morgan fingerprint density at radius 3 is 2.58 bits per heavy atom. The molecule has 160 valence electrons. The van der Waals surface area contributed by atoms with Gasteiger partial charge < -0.3 is 9.32 Å². The van der Waals surface area contributed by atoms with Gasteiger partial charge in [0.2, 0.25) is 5.89 Å². The SMILES string of the molecule is CC(Cc1nnc(SCC(=O)/C=C2/N(C)c3ccccc3C2(C)C)o1)c1ccccc1. The number of hydrogen-bond donors (Lipinski definition) is 0.